The van der Waals surface area contributed by atoms with Gasteiger partial charge in [-0.05, 0) is 25.3 Å². The first-order valence-electron chi connectivity index (χ1n) is 8.88. The number of carbonyl (C=O) groups is 2. The minimum absolute atomic E-state index is 0.0419. The predicted molar refractivity (Wildman–Crippen MR) is 99.4 cm³/mol. The lowest BCUT2D eigenvalue weighted by atomic mass is 9.91. The number of ether oxygens (including phenoxy) is 1. The first-order valence-corrected chi connectivity index (χ1v) is 8.88. The van der Waals surface area contributed by atoms with Crippen molar-refractivity contribution in [1.82, 2.24) is 4.98 Å². The number of aromatic nitrogens is 2. The number of carbonyl (C=O) groups excluding carboxylic acids is 2. The molecule has 0 aliphatic heterocycles. The summed E-state index contributed by atoms with van der Waals surface area (Å²) in [6.45, 7) is 1.95. The van der Waals surface area contributed by atoms with Crippen LogP contribution in [0.1, 0.15) is 31.4 Å². The first-order chi connectivity index (χ1) is 12.6. The van der Waals surface area contributed by atoms with Gasteiger partial charge in [-0.3, -0.25) is 4.79 Å². The molecule has 26 heavy (non-hydrogen) atoms. The number of rotatable bonds is 2. The summed E-state index contributed by atoms with van der Waals surface area (Å²) in [6, 6.07) is 10.1. The highest BCUT2D eigenvalue weighted by Gasteiger charge is 2.33. The first kappa shape index (κ1) is 16.5. The van der Waals surface area contributed by atoms with Crippen LogP contribution in [0.5, 0.6) is 0 Å². The van der Waals surface area contributed by atoms with Crippen LogP contribution >= 0.6 is 0 Å². The van der Waals surface area contributed by atoms with Crippen LogP contribution in [0.25, 0.3) is 27.5 Å². The number of nitrogens with zero attached hydrogens (tertiary/aromatic N) is 1. The van der Waals surface area contributed by atoms with Crippen molar-refractivity contribution in [2.75, 3.05) is 7.11 Å². The van der Waals surface area contributed by atoms with E-state index in [0.29, 0.717) is 24.1 Å². The molecule has 0 bridgehead atoms. The molecule has 1 saturated carbocycles. The molecule has 3 aromatic rings. The van der Waals surface area contributed by atoms with Crippen LogP contribution in [0.4, 0.5) is 0 Å². The van der Waals surface area contributed by atoms with E-state index in [0.717, 1.165) is 40.3 Å². The molecule has 1 aliphatic rings. The second-order valence-electron chi connectivity index (χ2n) is 6.68. The van der Waals surface area contributed by atoms with Gasteiger partial charge in [0.25, 0.3) is 0 Å². The third-order valence-electron chi connectivity index (χ3n) is 5.18. The number of esters is 1. The zero-order valence-corrected chi connectivity index (χ0v) is 15.0. The molecule has 5 heteroatoms. The molecule has 0 saturated heterocycles. The molecule has 2 heterocycles. The molecule has 5 nitrogen and oxygen atoms in total. The van der Waals surface area contributed by atoms with Crippen molar-refractivity contribution in [1.29, 1.82) is 0 Å². The number of fused-ring (bicyclic) bond motifs is 3. The van der Waals surface area contributed by atoms with Crippen LogP contribution in [-0.4, -0.2) is 23.8 Å². The van der Waals surface area contributed by atoms with Gasteiger partial charge < -0.3 is 9.72 Å². The zero-order chi connectivity index (χ0) is 18.3. The topological polar surface area (TPSA) is 63.0 Å². The summed E-state index contributed by atoms with van der Waals surface area (Å²) in [6.07, 6.45) is 4.75. The van der Waals surface area contributed by atoms with Crippen LogP contribution < -0.4 is 4.57 Å². The minimum Gasteiger partial charge on any atom is -0.461 e. The van der Waals surface area contributed by atoms with Crippen molar-refractivity contribution in [2.45, 2.75) is 32.6 Å². The fourth-order valence-corrected chi connectivity index (χ4v) is 3.84. The van der Waals surface area contributed by atoms with E-state index in [1.807, 2.05) is 37.4 Å². The highest BCUT2D eigenvalue weighted by Crippen LogP contribution is 2.28. The number of hydrogen-bond acceptors (Lipinski definition) is 3. The molecule has 2 aromatic heterocycles. The maximum Gasteiger partial charge on any atom is 0.404 e. The van der Waals surface area contributed by atoms with E-state index >= 15 is 0 Å². The van der Waals surface area contributed by atoms with E-state index < -0.39 is 5.97 Å². The second kappa shape index (κ2) is 6.41. The van der Waals surface area contributed by atoms with E-state index in [1.54, 1.807) is 4.57 Å². The number of allylic oxidation sites excluding steroid dienone is 1. The minimum atomic E-state index is -0.473. The monoisotopic (exact) mass is 349 g/mol. The maximum absolute atomic E-state index is 12.6. The number of Topliss-reactive ketones (excluding diaryl/α,β-unsaturated/α-hetero) is 1. The van der Waals surface area contributed by atoms with E-state index in [9.17, 15) is 9.59 Å². The van der Waals surface area contributed by atoms with Crippen molar-refractivity contribution in [3.8, 4) is 0 Å². The van der Waals surface area contributed by atoms with E-state index in [-0.39, 0.29) is 5.78 Å². The van der Waals surface area contributed by atoms with Crippen LogP contribution in [0.15, 0.2) is 42.1 Å². The highest BCUT2D eigenvalue weighted by atomic mass is 16.5. The van der Waals surface area contributed by atoms with Gasteiger partial charge in [-0.15, -0.1) is 0 Å². The average molecular weight is 349 g/mol. The van der Waals surface area contributed by atoms with Crippen LogP contribution in [0.3, 0.4) is 0 Å². The van der Waals surface area contributed by atoms with Crippen molar-refractivity contribution >= 4 is 39.3 Å². The number of pyridine rings is 1. The van der Waals surface area contributed by atoms with Gasteiger partial charge in [0.05, 0.1) is 12.7 Å². The van der Waals surface area contributed by atoms with E-state index in [1.165, 1.54) is 7.11 Å². The van der Waals surface area contributed by atoms with Gasteiger partial charge >= 0.3 is 11.7 Å². The third-order valence-corrected chi connectivity index (χ3v) is 5.18. The Labute approximate surface area is 151 Å². The molecule has 0 radical (unpaired) electrons. The Balaban J connectivity index is 1.99. The van der Waals surface area contributed by atoms with Gasteiger partial charge in [0.1, 0.15) is 5.52 Å². The normalized spacial score (nSPS) is 16.9. The summed E-state index contributed by atoms with van der Waals surface area (Å²) in [4.78, 5) is 28.4. The SMILES string of the molecule is COC(=O)/C(=C1/CCCCC1=O)[n+]1ccc2c([nH]c3ccccc32)c1C. The van der Waals surface area contributed by atoms with Crippen molar-refractivity contribution in [3.05, 3.63) is 47.8 Å². The summed E-state index contributed by atoms with van der Waals surface area (Å²) >= 11 is 0. The standard InChI is InChI=1S/C21H20N2O3/c1-13-19-15(14-7-3-5-9-17(14)22-19)11-12-23(13)20(21(25)26-2)16-8-4-6-10-18(16)24/h3,5,7,9,11-12H,4,6,8,10H2,1-2H3/p+1/b20-16+. The third kappa shape index (κ3) is 2.51. The number of H-pyrrole nitrogens is 1. The Morgan fingerprint density at radius 3 is 2.65 bits per heavy atom. The average Bonchev–Trinajstić information content (AvgIpc) is 3.04. The number of aromatic amines is 1. The lowest BCUT2D eigenvalue weighted by Crippen LogP contribution is -2.42. The number of ketones is 1. The second-order valence-corrected chi connectivity index (χ2v) is 6.68. The fraction of sp³-hybridized carbons (Fsp3) is 0.286. The Bertz CT molecular complexity index is 1080. The molecule has 0 atom stereocenters. The van der Waals surface area contributed by atoms with Gasteiger partial charge in [-0.2, -0.15) is 4.57 Å². The van der Waals surface area contributed by atoms with Crippen LogP contribution in [0, 0.1) is 6.92 Å². The van der Waals surface area contributed by atoms with E-state index in [4.69, 9.17) is 4.74 Å². The molecule has 1 aliphatic carbocycles. The van der Waals surface area contributed by atoms with Crippen LogP contribution in [0.2, 0.25) is 0 Å². The smallest absolute Gasteiger partial charge is 0.404 e. The summed E-state index contributed by atoms with van der Waals surface area (Å²) in [5, 5.41) is 2.23. The predicted octanol–water partition coefficient (Wildman–Crippen LogP) is 3.44. The summed E-state index contributed by atoms with van der Waals surface area (Å²) in [5.41, 5.74) is 3.80. The fourth-order valence-electron chi connectivity index (χ4n) is 3.84. The Morgan fingerprint density at radius 1 is 1.12 bits per heavy atom. The van der Waals surface area contributed by atoms with Gasteiger partial charge in [-0.25, -0.2) is 4.79 Å². The van der Waals surface area contributed by atoms with Crippen molar-refractivity contribution in [3.63, 3.8) is 0 Å². The van der Waals surface area contributed by atoms with Crippen molar-refractivity contribution in [2.24, 2.45) is 0 Å². The van der Waals surface area contributed by atoms with Crippen molar-refractivity contribution < 1.29 is 18.9 Å². The molecule has 0 amide bonds. The molecular weight excluding hydrogens is 328 g/mol. The Kier molecular flexibility index (Phi) is 4.07. The van der Waals surface area contributed by atoms with Gasteiger partial charge in [0.15, 0.2) is 12.0 Å². The molecule has 132 valence electrons. The number of methoxy groups -OCH3 is 1. The number of para-hydroxylation sites is 1. The zero-order valence-electron chi connectivity index (χ0n) is 15.0. The van der Waals surface area contributed by atoms with Gasteiger partial charge in [0, 0.05) is 35.7 Å². The molecule has 4 rings (SSSR count). The molecule has 1 aromatic carbocycles. The summed E-state index contributed by atoms with van der Waals surface area (Å²) in [5.74, 6) is -0.431. The lowest BCUT2D eigenvalue weighted by Gasteiger charge is -2.14. The lowest BCUT2D eigenvalue weighted by molar-refractivity contribution is -0.584. The number of nitrogens with one attached hydrogen (secondary N) is 1. The van der Waals surface area contributed by atoms with E-state index in [2.05, 4.69) is 11.1 Å². The maximum atomic E-state index is 12.6. The largest absolute Gasteiger partial charge is 0.461 e. The number of aryl methyl sites for hydroxylation is 1. The quantitative estimate of drug-likeness (QED) is 0.438. The molecule has 0 unspecified atom stereocenters. The Hall–Kier alpha value is -2.95. The summed E-state index contributed by atoms with van der Waals surface area (Å²) < 4.78 is 6.81. The molecule has 1 fully saturated rings. The number of benzene rings is 1. The summed E-state index contributed by atoms with van der Waals surface area (Å²) in [7, 11) is 1.35. The molecule has 0 spiro atoms. The van der Waals surface area contributed by atoms with Crippen LogP contribution in [-0.2, 0) is 14.3 Å². The highest BCUT2D eigenvalue weighted by molar-refractivity contribution is 6.16. The molecular formula is C21H21N2O3+. The van der Waals surface area contributed by atoms with Gasteiger partial charge in [-0.1, -0.05) is 18.2 Å². The molecule has 1 N–H and O–H groups in total. The number of hydrogen-bond donors (Lipinski definition) is 1. The Morgan fingerprint density at radius 2 is 1.88 bits per heavy atom. The van der Waals surface area contributed by atoms with Gasteiger partial charge in [0.2, 0.25) is 5.69 Å².